The van der Waals surface area contributed by atoms with Gasteiger partial charge in [0.15, 0.2) is 12.4 Å². The summed E-state index contributed by atoms with van der Waals surface area (Å²) < 4.78 is 9.89. The number of aliphatic hydroxyl groups is 4. The first-order valence-corrected chi connectivity index (χ1v) is 7.24. The predicted octanol–water partition coefficient (Wildman–Crippen LogP) is -2.10. The third-order valence-corrected chi connectivity index (χ3v) is 3.70. The Morgan fingerprint density at radius 3 is 2.48 bits per heavy atom. The van der Waals surface area contributed by atoms with E-state index >= 15 is 0 Å². The van der Waals surface area contributed by atoms with Gasteiger partial charge < -0.3 is 35.6 Å². The van der Waals surface area contributed by atoms with E-state index in [2.05, 4.69) is 0 Å². The van der Waals surface area contributed by atoms with Crippen LogP contribution in [0.1, 0.15) is 5.56 Å². The molecule has 2 rings (SSSR count). The number of hydrogen-bond donors (Lipinski definition) is 5. The molecule has 1 fully saturated rings. The first-order chi connectivity index (χ1) is 10.9. The maximum atomic E-state index is 12.0. The molecule has 128 valence electrons. The van der Waals surface area contributed by atoms with E-state index in [0.717, 1.165) is 5.56 Å². The van der Waals surface area contributed by atoms with Gasteiger partial charge in [0, 0.05) is 0 Å². The number of carbonyl (C=O) groups excluding carboxylic acids is 1. The molecule has 0 saturated carbocycles. The molecule has 1 aromatic rings. The molecule has 1 aromatic carbocycles. The van der Waals surface area contributed by atoms with Crippen molar-refractivity contribution in [1.29, 1.82) is 0 Å². The molecule has 1 heterocycles. The summed E-state index contributed by atoms with van der Waals surface area (Å²) in [4.78, 5) is 12.0. The zero-order valence-electron chi connectivity index (χ0n) is 12.4. The molecule has 1 aliphatic heterocycles. The van der Waals surface area contributed by atoms with Gasteiger partial charge in [-0.1, -0.05) is 30.3 Å². The fourth-order valence-corrected chi connectivity index (χ4v) is 2.37. The number of nitrogens with two attached hydrogens (primary N) is 1. The van der Waals surface area contributed by atoms with Crippen LogP contribution >= 0.6 is 0 Å². The van der Waals surface area contributed by atoms with Crippen molar-refractivity contribution < 1.29 is 34.7 Å². The minimum atomic E-state index is -1.67. The second kappa shape index (κ2) is 7.82. The van der Waals surface area contributed by atoms with Crippen molar-refractivity contribution in [3.8, 4) is 0 Å². The number of ether oxygens (including phenoxy) is 2. The number of esters is 1. The predicted molar refractivity (Wildman–Crippen MR) is 78.0 cm³/mol. The molecule has 8 heteroatoms. The average molecular weight is 327 g/mol. The number of carbonyl (C=O) groups is 1. The molecule has 0 amide bonds. The Bertz CT molecular complexity index is 512. The Labute approximate surface area is 133 Å². The number of hydrogen-bond acceptors (Lipinski definition) is 8. The molecule has 0 aromatic heterocycles. The highest BCUT2D eigenvalue weighted by molar-refractivity contribution is 5.76. The lowest BCUT2D eigenvalue weighted by Crippen LogP contribution is -2.60. The highest BCUT2D eigenvalue weighted by Crippen LogP contribution is 2.22. The van der Waals surface area contributed by atoms with Gasteiger partial charge in [0.05, 0.1) is 6.61 Å². The highest BCUT2D eigenvalue weighted by Gasteiger charge is 2.46. The van der Waals surface area contributed by atoms with Gasteiger partial charge in [0.25, 0.3) is 0 Å². The summed E-state index contributed by atoms with van der Waals surface area (Å²) in [5.74, 6) is -0.838. The fourth-order valence-electron chi connectivity index (χ4n) is 2.37. The van der Waals surface area contributed by atoms with Crippen molar-refractivity contribution in [2.75, 3.05) is 6.61 Å². The molecule has 23 heavy (non-hydrogen) atoms. The van der Waals surface area contributed by atoms with Crippen LogP contribution in [0.5, 0.6) is 0 Å². The summed E-state index contributed by atoms with van der Waals surface area (Å²) >= 11 is 0. The van der Waals surface area contributed by atoms with E-state index in [1.165, 1.54) is 0 Å². The van der Waals surface area contributed by atoms with Crippen LogP contribution in [0.25, 0.3) is 0 Å². The van der Waals surface area contributed by atoms with Gasteiger partial charge >= 0.3 is 5.97 Å². The lowest BCUT2D eigenvalue weighted by Gasteiger charge is -2.39. The van der Waals surface area contributed by atoms with Crippen molar-refractivity contribution in [1.82, 2.24) is 0 Å². The molecule has 1 unspecified atom stereocenters. The van der Waals surface area contributed by atoms with Crippen LogP contribution in [0.15, 0.2) is 30.3 Å². The molecule has 0 spiro atoms. The van der Waals surface area contributed by atoms with Gasteiger partial charge in [0.1, 0.15) is 24.4 Å². The van der Waals surface area contributed by atoms with E-state index in [1.54, 1.807) is 24.3 Å². The Morgan fingerprint density at radius 2 is 1.87 bits per heavy atom. The molecule has 6 atom stereocenters. The summed E-state index contributed by atoms with van der Waals surface area (Å²) in [6.45, 7) is -0.594. The van der Waals surface area contributed by atoms with Gasteiger partial charge in [-0.2, -0.15) is 0 Å². The van der Waals surface area contributed by atoms with E-state index < -0.39 is 49.3 Å². The third-order valence-electron chi connectivity index (χ3n) is 3.70. The maximum Gasteiger partial charge on any atom is 0.323 e. The van der Waals surface area contributed by atoms with E-state index in [4.69, 9.17) is 20.3 Å². The normalized spacial score (nSPS) is 32.3. The van der Waals surface area contributed by atoms with E-state index in [1.807, 2.05) is 6.07 Å². The lowest BCUT2D eigenvalue weighted by atomic mass is 9.99. The van der Waals surface area contributed by atoms with Crippen LogP contribution in [0, 0.1) is 0 Å². The summed E-state index contributed by atoms with van der Waals surface area (Å²) in [7, 11) is 0. The molecule has 1 aliphatic rings. The van der Waals surface area contributed by atoms with Crippen LogP contribution < -0.4 is 5.73 Å². The molecular weight excluding hydrogens is 306 g/mol. The van der Waals surface area contributed by atoms with Gasteiger partial charge in [-0.05, 0) is 12.0 Å². The van der Waals surface area contributed by atoms with Crippen LogP contribution in [0.2, 0.25) is 0 Å². The Balaban J connectivity index is 1.96. The Hall–Kier alpha value is -1.55. The Morgan fingerprint density at radius 1 is 1.22 bits per heavy atom. The molecule has 0 aliphatic carbocycles. The monoisotopic (exact) mass is 327 g/mol. The molecule has 0 bridgehead atoms. The summed E-state index contributed by atoms with van der Waals surface area (Å²) in [5, 5.41) is 38.4. The second-order valence-corrected chi connectivity index (χ2v) is 5.43. The minimum Gasteiger partial charge on any atom is -0.453 e. The highest BCUT2D eigenvalue weighted by atomic mass is 16.7. The molecule has 0 radical (unpaired) electrons. The zero-order chi connectivity index (χ0) is 17.0. The van der Waals surface area contributed by atoms with Gasteiger partial charge in [0.2, 0.25) is 0 Å². The molecule has 1 saturated heterocycles. The summed E-state index contributed by atoms with van der Waals surface area (Å²) in [6.07, 6.45) is -7.18. The largest absolute Gasteiger partial charge is 0.453 e. The van der Waals surface area contributed by atoms with Crippen LogP contribution in [-0.4, -0.2) is 69.8 Å². The fraction of sp³-hybridized carbons (Fsp3) is 0.533. The smallest absolute Gasteiger partial charge is 0.323 e. The van der Waals surface area contributed by atoms with Crippen molar-refractivity contribution >= 4 is 5.97 Å². The van der Waals surface area contributed by atoms with Gasteiger partial charge in [-0.25, -0.2) is 0 Å². The standard InChI is InChI=1S/C15H21NO7/c16-9(6-8-4-2-1-3-5-8)14(20)23-13-12(19)11(18)10(7-17)22-15(13)21/h1-5,9-13,15,17-19,21H,6-7,16H2/t9-,10+,11+,12-,13+,15?/m0/s1. The minimum absolute atomic E-state index is 0.223. The first kappa shape index (κ1) is 17.8. The number of aliphatic hydroxyl groups excluding tert-OH is 4. The van der Waals surface area contributed by atoms with Crippen molar-refractivity contribution in [3.05, 3.63) is 35.9 Å². The van der Waals surface area contributed by atoms with E-state index in [-0.39, 0.29) is 6.42 Å². The molecule has 6 N–H and O–H groups in total. The van der Waals surface area contributed by atoms with Crippen molar-refractivity contribution in [3.63, 3.8) is 0 Å². The van der Waals surface area contributed by atoms with Crippen LogP contribution in [0.3, 0.4) is 0 Å². The van der Waals surface area contributed by atoms with Gasteiger partial charge in [-0.15, -0.1) is 0 Å². The van der Waals surface area contributed by atoms with Crippen LogP contribution in [0.4, 0.5) is 0 Å². The summed E-state index contributed by atoms with van der Waals surface area (Å²) in [5.41, 5.74) is 6.60. The summed E-state index contributed by atoms with van der Waals surface area (Å²) in [6, 6.07) is 8.05. The molecule has 8 nitrogen and oxygen atoms in total. The first-order valence-electron chi connectivity index (χ1n) is 7.24. The topological polar surface area (TPSA) is 142 Å². The third kappa shape index (κ3) is 4.25. The number of rotatable bonds is 5. The second-order valence-electron chi connectivity index (χ2n) is 5.43. The zero-order valence-corrected chi connectivity index (χ0v) is 12.4. The SMILES string of the molecule is N[C@@H](Cc1ccccc1)C(=O)O[C@H]1C(O)O[C@H](CO)[C@@H](O)[C@@H]1O. The average Bonchev–Trinajstić information content (AvgIpc) is 2.55. The Kier molecular flexibility index (Phi) is 6.05. The van der Waals surface area contributed by atoms with E-state index in [0.29, 0.717) is 0 Å². The van der Waals surface area contributed by atoms with Crippen LogP contribution in [-0.2, 0) is 20.7 Å². The lowest BCUT2D eigenvalue weighted by molar-refractivity contribution is -0.291. The molecular formula is C15H21NO7. The van der Waals surface area contributed by atoms with Crippen molar-refractivity contribution in [2.24, 2.45) is 5.73 Å². The number of benzene rings is 1. The van der Waals surface area contributed by atoms with Gasteiger partial charge in [-0.3, -0.25) is 4.79 Å². The quantitative estimate of drug-likeness (QED) is 0.387. The van der Waals surface area contributed by atoms with E-state index in [9.17, 15) is 20.1 Å². The van der Waals surface area contributed by atoms with Crippen molar-refractivity contribution in [2.45, 2.75) is 43.2 Å². The maximum absolute atomic E-state index is 12.0.